The van der Waals surface area contributed by atoms with Gasteiger partial charge in [0.25, 0.3) is 0 Å². The Morgan fingerprint density at radius 2 is 1.55 bits per heavy atom. The molecule has 4 atom stereocenters. The highest BCUT2D eigenvalue weighted by atomic mass is 16.5. The molecule has 0 saturated carbocycles. The highest BCUT2D eigenvalue weighted by Crippen LogP contribution is 2.16. The van der Waals surface area contributed by atoms with Crippen molar-refractivity contribution in [3.63, 3.8) is 0 Å². The average Bonchev–Trinajstić information content (AvgIpc) is 2.70. The zero-order valence-corrected chi connectivity index (χ0v) is 17.4. The molecule has 0 aliphatic carbocycles. The van der Waals surface area contributed by atoms with Crippen LogP contribution in [-0.4, -0.2) is 40.3 Å². The van der Waals surface area contributed by atoms with Crippen LogP contribution in [0.3, 0.4) is 0 Å². The first-order valence-electron chi connectivity index (χ1n) is 10.4. The normalized spacial score (nSPS) is 34.1. The molecule has 0 unspecified atom stereocenters. The summed E-state index contributed by atoms with van der Waals surface area (Å²) < 4.78 is 5.43. The van der Waals surface area contributed by atoms with E-state index in [9.17, 15) is 19.8 Å². The highest BCUT2D eigenvalue weighted by molar-refractivity contribution is 5.92. The van der Waals surface area contributed by atoms with Crippen LogP contribution in [0.25, 0.3) is 0 Å². The monoisotopic (exact) mass is 402 g/mol. The fourth-order valence-electron chi connectivity index (χ4n) is 2.83. The van der Waals surface area contributed by atoms with Crippen LogP contribution < -0.4 is 0 Å². The van der Waals surface area contributed by atoms with Crippen molar-refractivity contribution in [3.8, 4) is 0 Å². The standard InChI is InChI=1S/C24H34O5/c1-3-21-15-12-17-23(27)19(2)22(26)16-10-7-9-14-20(25)13-8-5-4-6-11-18-24(28)29-21/h4-11,16,18-21,23,25,27H,3,12-15,17H2,1-2H3/b6-4+,8-5+,9-7+,16-10+,18-11+/t19-,20+,21-,23-/m0/s1. The van der Waals surface area contributed by atoms with Gasteiger partial charge in [0.2, 0.25) is 0 Å². The van der Waals surface area contributed by atoms with E-state index in [0.29, 0.717) is 38.5 Å². The molecule has 1 rings (SSSR count). The zero-order valence-electron chi connectivity index (χ0n) is 17.4. The molecule has 0 aromatic rings. The Kier molecular flexibility index (Phi) is 12.6. The van der Waals surface area contributed by atoms with Gasteiger partial charge in [-0.1, -0.05) is 62.5 Å². The average molecular weight is 403 g/mol. The first-order valence-corrected chi connectivity index (χ1v) is 10.4. The molecule has 5 heteroatoms. The first kappa shape index (κ1) is 24.8. The molecule has 1 aliphatic heterocycles. The van der Waals surface area contributed by atoms with Crippen molar-refractivity contribution in [1.29, 1.82) is 0 Å². The lowest BCUT2D eigenvalue weighted by molar-refractivity contribution is -0.143. The largest absolute Gasteiger partial charge is 0.459 e. The summed E-state index contributed by atoms with van der Waals surface area (Å²) in [6.07, 6.45) is 18.8. The molecule has 0 amide bonds. The third kappa shape index (κ3) is 11.4. The quantitative estimate of drug-likeness (QED) is 0.648. The molecule has 0 radical (unpaired) electrons. The number of hydrogen-bond acceptors (Lipinski definition) is 5. The van der Waals surface area contributed by atoms with E-state index in [1.165, 1.54) is 12.2 Å². The van der Waals surface area contributed by atoms with Gasteiger partial charge in [-0.05, 0) is 44.6 Å². The minimum atomic E-state index is -0.735. The van der Waals surface area contributed by atoms with Gasteiger partial charge in [0.15, 0.2) is 5.78 Å². The van der Waals surface area contributed by atoms with Crippen LogP contribution in [0.5, 0.6) is 0 Å². The minimum absolute atomic E-state index is 0.136. The summed E-state index contributed by atoms with van der Waals surface area (Å²) in [5, 5.41) is 20.2. The van der Waals surface area contributed by atoms with Crippen LogP contribution in [0.4, 0.5) is 0 Å². The van der Waals surface area contributed by atoms with Crippen molar-refractivity contribution in [2.45, 2.75) is 70.7 Å². The van der Waals surface area contributed by atoms with Gasteiger partial charge >= 0.3 is 5.97 Å². The van der Waals surface area contributed by atoms with Gasteiger partial charge in [0, 0.05) is 12.0 Å². The van der Waals surface area contributed by atoms with Crippen LogP contribution in [0.1, 0.15) is 52.4 Å². The fraction of sp³-hybridized carbons (Fsp3) is 0.500. The van der Waals surface area contributed by atoms with Gasteiger partial charge in [-0.15, -0.1) is 0 Å². The first-order chi connectivity index (χ1) is 13.9. The maximum atomic E-state index is 12.2. The third-order valence-corrected chi connectivity index (χ3v) is 4.82. The van der Waals surface area contributed by atoms with Crippen LogP contribution in [0.15, 0.2) is 60.8 Å². The van der Waals surface area contributed by atoms with E-state index in [4.69, 9.17) is 4.74 Å². The number of aliphatic hydroxyl groups is 2. The van der Waals surface area contributed by atoms with Crippen molar-refractivity contribution in [2.75, 3.05) is 0 Å². The summed E-state index contributed by atoms with van der Waals surface area (Å²) in [7, 11) is 0. The lowest BCUT2D eigenvalue weighted by Gasteiger charge is -2.19. The highest BCUT2D eigenvalue weighted by Gasteiger charge is 2.20. The number of allylic oxidation sites excluding steroid dienone is 7. The second-order valence-corrected chi connectivity index (χ2v) is 7.24. The van der Waals surface area contributed by atoms with Gasteiger partial charge in [-0.2, -0.15) is 0 Å². The maximum Gasteiger partial charge on any atom is 0.331 e. The molecule has 2 N–H and O–H groups in total. The van der Waals surface area contributed by atoms with Crippen LogP contribution in [0.2, 0.25) is 0 Å². The summed E-state index contributed by atoms with van der Waals surface area (Å²) in [5.41, 5.74) is 0. The number of cyclic esters (lactones) is 1. The van der Waals surface area contributed by atoms with E-state index in [0.717, 1.165) is 0 Å². The van der Waals surface area contributed by atoms with E-state index in [2.05, 4.69) is 0 Å². The Morgan fingerprint density at radius 1 is 0.931 bits per heavy atom. The van der Waals surface area contributed by atoms with E-state index in [-0.39, 0.29) is 11.9 Å². The van der Waals surface area contributed by atoms with Crippen molar-refractivity contribution in [1.82, 2.24) is 0 Å². The fourth-order valence-corrected chi connectivity index (χ4v) is 2.83. The molecule has 160 valence electrons. The summed E-state index contributed by atoms with van der Waals surface area (Å²) in [4.78, 5) is 24.1. The molecular weight excluding hydrogens is 368 g/mol. The van der Waals surface area contributed by atoms with Crippen molar-refractivity contribution in [3.05, 3.63) is 60.8 Å². The predicted octanol–water partition coefficient (Wildman–Crippen LogP) is 3.98. The van der Waals surface area contributed by atoms with Crippen LogP contribution in [0, 0.1) is 5.92 Å². The number of ketones is 1. The molecule has 1 heterocycles. The lowest BCUT2D eigenvalue weighted by atomic mass is 9.94. The van der Waals surface area contributed by atoms with E-state index >= 15 is 0 Å². The second-order valence-electron chi connectivity index (χ2n) is 7.24. The molecule has 0 aromatic heterocycles. The Morgan fingerprint density at radius 3 is 2.24 bits per heavy atom. The van der Waals surface area contributed by atoms with Gasteiger partial charge in [-0.25, -0.2) is 4.79 Å². The maximum absolute atomic E-state index is 12.2. The summed E-state index contributed by atoms with van der Waals surface area (Å²) in [5.74, 6) is -1.03. The predicted molar refractivity (Wildman–Crippen MR) is 115 cm³/mol. The van der Waals surface area contributed by atoms with E-state index in [1.54, 1.807) is 37.3 Å². The molecule has 1 aliphatic rings. The summed E-state index contributed by atoms with van der Waals surface area (Å²) in [6.45, 7) is 3.66. The number of rotatable bonds is 1. The molecule has 0 saturated heterocycles. The minimum Gasteiger partial charge on any atom is -0.459 e. The number of ether oxygens (including phenoxy) is 1. The topological polar surface area (TPSA) is 83.8 Å². The smallest absolute Gasteiger partial charge is 0.331 e. The number of hydrogen-bond donors (Lipinski definition) is 2. The number of carbonyl (C=O) groups is 2. The Balaban J connectivity index is 2.79. The second kappa shape index (κ2) is 14.7. The number of esters is 1. The van der Waals surface area contributed by atoms with Crippen LogP contribution >= 0.6 is 0 Å². The SMILES string of the molecule is CC[C@H]1CCC[C@H](O)[C@@H](C)C(=O)/C=C/C=C/C[C@H](O)C/C=C/C=C/C=C/C(=O)O1. The van der Waals surface area contributed by atoms with Gasteiger partial charge < -0.3 is 14.9 Å². The molecule has 0 aromatic carbocycles. The van der Waals surface area contributed by atoms with Crippen molar-refractivity contribution >= 4 is 11.8 Å². The Labute approximate surface area is 174 Å². The molecular formula is C24H34O5. The van der Waals surface area contributed by atoms with Gasteiger partial charge in [0.1, 0.15) is 6.10 Å². The van der Waals surface area contributed by atoms with E-state index < -0.39 is 24.1 Å². The van der Waals surface area contributed by atoms with E-state index in [1.807, 2.05) is 25.2 Å². The summed E-state index contributed by atoms with van der Waals surface area (Å²) in [6, 6.07) is 0. The van der Waals surface area contributed by atoms with Crippen LogP contribution in [-0.2, 0) is 14.3 Å². The van der Waals surface area contributed by atoms with Crippen molar-refractivity contribution in [2.24, 2.45) is 5.92 Å². The summed E-state index contributed by atoms with van der Waals surface area (Å²) >= 11 is 0. The van der Waals surface area contributed by atoms with Gasteiger partial charge in [0.05, 0.1) is 12.2 Å². The molecule has 5 nitrogen and oxygen atoms in total. The Bertz CT molecular complexity index is 642. The molecule has 0 fully saturated rings. The molecule has 0 spiro atoms. The zero-order chi connectivity index (χ0) is 21.5. The van der Waals surface area contributed by atoms with Crippen molar-refractivity contribution < 1.29 is 24.5 Å². The lowest BCUT2D eigenvalue weighted by Crippen LogP contribution is -2.25. The molecule has 0 bridgehead atoms. The third-order valence-electron chi connectivity index (χ3n) is 4.82. The number of aliphatic hydroxyl groups excluding tert-OH is 2. The van der Waals surface area contributed by atoms with Gasteiger partial charge in [-0.3, -0.25) is 4.79 Å². The molecule has 29 heavy (non-hydrogen) atoms. The number of carbonyl (C=O) groups excluding carboxylic acids is 2. The Hall–Kier alpha value is -2.24.